The second kappa shape index (κ2) is 4.89. The molecule has 0 aliphatic heterocycles. The van der Waals surface area contributed by atoms with Gasteiger partial charge in [0.2, 0.25) is 0 Å². The number of nitrogens with zero attached hydrogens (tertiary/aromatic N) is 3. The lowest BCUT2D eigenvalue weighted by Gasteiger charge is -2.01. The largest absolute Gasteiger partial charge is 0.248 e. The van der Waals surface area contributed by atoms with Gasteiger partial charge < -0.3 is 0 Å². The highest BCUT2D eigenvalue weighted by Crippen LogP contribution is 2.38. The van der Waals surface area contributed by atoms with Gasteiger partial charge in [0.25, 0.3) is 0 Å². The maximum Gasteiger partial charge on any atom is 0.127 e. The lowest BCUT2D eigenvalue weighted by Crippen LogP contribution is -1.84. The van der Waals surface area contributed by atoms with E-state index in [4.69, 9.17) is 11.6 Å². The van der Waals surface area contributed by atoms with Crippen molar-refractivity contribution in [3.63, 3.8) is 0 Å². The Kier molecular flexibility index (Phi) is 3.23. The summed E-state index contributed by atoms with van der Waals surface area (Å²) in [6.07, 6.45) is 1.69. The van der Waals surface area contributed by atoms with Gasteiger partial charge in [-0.25, -0.2) is 9.97 Å². The first-order valence-electron chi connectivity index (χ1n) is 5.30. The fourth-order valence-electron chi connectivity index (χ4n) is 1.77. The van der Waals surface area contributed by atoms with Crippen LogP contribution in [0.3, 0.4) is 0 Å². The molecule has 0 aliphatic carbocycles. The molecule has 2 aromatic heterocycles. The first-order chi connectivity index (χ1) is 9.20. The number of hydrogen-bond donors (Lipinski definition) is 0. The van der Waals surface area contributed by atoms with Crippen LogP contribution in [0.4, 0.5) is 0 Å². The van der Waals surface area contributed by atoms with E-state index in [9.17, 15) is 5.26 Å². The molecule has 0 amide bonds. The van der Waals surface area contributed by atoms with E-state index in [0.717, 1.165) is 19.8 Å². The molecule has 0 unspecified atom stereocenters. The zero-order valence-electron chi connectivity index (χ0n) is 9.39. The maximum atomic E-state index is 9.18. The summed E-state index contributed by atoms with van der Waals surface area (Å²) in [4.78, 5) is 8.69. The van der Waals surface area contributed by atoms with Gasteiger partial charge in [0.15, 0.2) is 0 Å². The molecule has 6 heteroatoms. The number of thiazole rings is 1. The molecule has 0 saturated carbocycles. The molecule has 3 aromatic rings. The number of halogens is 2. The van der Waals surface area contributed by atoms with Gasteiger partial charge in [-0.05, 0) is 34.1 Å². The molecule has 1 aromatic carbocycles. The molecule has 0 N–H and O–H groups in total. The highest BCUT2D eigenvalue weighted by Gasteiger charge is 2.15. The smallest absolute Gasteiger partial charge is 0.127 e. The summed E-state index contributed by atoms with van der Waals surface area (Å²) in [5.74, 6) is 0. The first-order valence-corrected chi connectivity index (χ1v) is 7.29. The van der Waals surface area contributed by atoms with Gasteiger partial charge in [0.05, 0.1) is 26.9 Å². The third-order valence-corrected chi connectivity index (χ3v) is 4.88. The van der Waals surface area contributed by atoms with E-state index in [2.05, 4.69) is 32.0 Å². The molecule has 3 nitrogen and oxygen atoms in total. The molecule has 0 bridgehead atoms. The van der Waals surface area contributed by atoms with Gasteiger partial charge >= 0.3 is 0 Å². The minimum Gasteiger partial charge on any atom is -0.248 e. The van der Waals surface area contributed by atoms with Crippen LogP contribution in [0.1, 0.15) is 5.56 Å². The number of fused-ring (bicyclic) bond motifs is 1. The van der Waals surface area contributed by atoms with Crippen molar-refractivity contribution in [1.82, 2.24) is 9.97 Å². The average molecular weight is 351 g/mol. The van der Waals surface area contributed by atoms with Crippen LogP contribution in [0.15, 0.2) is 35.1 Å². The molecule has 19 heavy (non-hydrogen) atoms. The highest BCUT2D eigenvalue weighted by molar-refractivity contribution is 9.10. The summed E-state index contributed by atoms with van der Waals surface area (Å²) in [5, 5.41) is 10.4. The van der Waals surface area contributed by atoms with Crippen LogP contribution >= 0.6 is 38.9 Å². The fraction of sp³-hybridized carbons (Fsp3) is 0. The summed E-state index contributed by atoms with van der Waals surface area (Å²) in [6, 6.07) is 9.24. The Morgan fingerprint density at radius 2 is 2.16 bits per heavy atom. The zero-order valence-corrected chi connectivity index (χ0v) is 12.6. The predicted molar refractivity (Wildman–Crippen MR) is 80.3 cm³/mol. The van der Waals surface area contributed by atoms with Crippen molar-refractivity contribution in [2.75, 3.05) is 0 Å². The van der Waals surface area contributed by atoms with Gasteiger partial charge in [-0.15, -0.1) is 11.3 Å². The monoisotopic (exact) mass is 349 g/mol. The third-order valence-electron chi connectivity index (χ3n) is 2.61. The van der Waals surface area contributed by atoms with Crippen molar-refractivity contribution < 1.29 is 0 Å². The lowest BCUT2D eigenvalue weighted by atomic mass is 10.1. The van der Waals surface area contributed by atoms with Crippen LogP contribution in [0, 0.1) is 11.3 Å². The van der Waals surface area contributed by atoms with E-state index in [1.54, 1.807) is 24.4 Å². The van der Waals surface area contributed by atoms with Crippen LogP contribution in [0.2, 0.25) is 5.02 Å². The number of hydrogen-bond acceptors (Lipinski definition) is 4. The van der Waals surface area contributed by atoms with E-state index >= 15 is 0 Å². The minimum absolute atomic E-state index is 0.524. The lowest BCUT2D eigenvalue weighted by molar-refractivity contribution is 1.31. The standard InChI is InChI=1S/C13H5BrClN3S/c14-12-11-9(4-5-17-12)18-13(19-11)10-7(6-16)2-1-3-8(10)15/h1-5H. The number of nitriles is 1. The molecule has 0 fully saturated rings. The van der Waals surface area contributed by atoms with Gasteiger partial charge in [-0.1, -0.05) is 17.7 Å². The van der Waals surface area contributed by atoms with Crippen molar-refractivity contribution >= 4 is 49.1 Å². The molecule has 0 spiro atoms. The topological polar surface area (TPSA) is 49.6 Å². The zero-order chi connectivity index (χ0) is 13.4. The minimum atomic E-state index is 0.524. The highest BCUT2D eigenvalue weighted by atomic mass is 79.9. The van der Waals surface area contributed by atoms with E-state index in [0.29, 0.717) is 16.1 Å². The van der Waals surface area contributed by atoms with Gasteiger partial charge in [0, 0.05) is 11.8 Å². The number of rotatable bonds is 1. The Balaban J connectivity index is 2.32. The molecule has 0 aliphatic rings. The Morgan fingerprint density at radius 3 is 2.89 bits per heavy atom. The first kappa shape index (κ1) is 12.5. The molecule has 2 heterocycles. The van der Waals surface area contributed by atoms with Gasteiger partial charge in [0.1, 0.15) is 9.61 Å². The van der Waals surface area contributed by atoms with Crippen molar-refractivity contribution in [1.29, 1.82) is 5.26 Å². The van der Waals surface area contributed by atoms with Crippen LogP contribution in [-0.2, 0) is 0 Å². The SMILES string of the molecule is N#Cc1cccc(Cl)c1-c1nc2ccnc(Br)c2s1. The summed E-state index contributed by atoms with van der Waals surface area (Å²) >= 11 is 11.1. The number of benzene rings is 1. The Morgan fingerprint density at radius 1 is 1.32 bits per heavy atom. The van der Waals surface area contributed by atoms with Crippen molar-refractivity contribution in [2.24, 2.45) is 0 Å². The number of aromatic nitrogens is 2. The van der Waals surface area contributed by atoms with E-state index in [-0.39, 0.29) is 0 Å². The average Bonchev–Trinajstić information content (AvgIpc) is 2.83. The summed E-state index contributed by atoms with van der Waals surface area (Å²) in [7, 11) is 0. The van der Waals surface area contributed by atoms with Crippen LogP contribution in [-0.4, -0.2) is 9.97 Å². The van der Waals surface area contributed by atoms with Crippen LogP contribution < -0.4 is 0 Å². The molecule has 0 saturated heterocycles. The normalized spacial score (nSPS) is 10.6. The van der Waals surface area contributed by atoms with E-state index in [1.807, 2.05) is 6.07 Å². The Bertz CT molecular complexity index is 822. The molecule has 3 rings (SSSR count). The summed E-state index contributed by atoms with van der Waals surface area (Å²) < 4.78 is 1.70. The van der Waals surface area contributed by atoms with Crippen LogP contribution in [0.25, 0.3) is 20.8 Å². The Labute approximate surface area is 126 Å². The third kappa shape index (κ3) is 2.12. The number of pyridine rings is 1. The van der Waals surface area contributed by atoms with Crippen LogP contribution in [0.5, 0.6) is 0 Å². The second-order valence-corrected chi connectivity index (χ2v) is 5.90. The van der Waals surface area contributed by atoms with E-state index < -0.39 is 0 Å². The predicted octanol–water partition coefficient (Wildman–Crippen LogP) is 4.65. The Hall–Kier alpha value is -1.48. The van der Waals surface area contributed by atoms with Crippen molar-refractivity contribution in [2.45, 2.75) is 0 Å². The molecule has 0 radical (unpaired) electrons. The van der Waals surface area contributed by atoms with Gasteiger partial charge in [-0.2, -0.15) is 5.26 Å². The molecule has 92 valence electrons. The molecular weight excluding hydrogens is 346 g/mol. The second-order valence-electron chi connectivity index (χ2n) is 3.74. The molecule has 0 atom stereocenters. The maximum absolute atomic E-state index is 9.18. The fourth-order valence-corrected chi connectivity index (χ4v) is 3.66. The van der Waals surface area contributed by atoms with Crippen molar-refractivity contribution in [3.05, 3.63) is 45.7 Å². The van der Waals surface area contributed by atoms with E-state index in [1.165, 1.54) is 11.3 Å². The van der Waals surface area contributed by atoms with Crippen molar-refractivity contribution in [3.8, 4) is 16.6 Å². The molecular formula is C13H5BrClN3S. The quantitative estimate of drug-likeness (QED) is 0.600. The summed E-state index contributed by atoms with van der Waals surface area (Å²) in [5.41, 5.74) is 2.04. The van der Waals surface area contributed by atoms with Gasteiger partial charge in [-0.3, -0.25) is 0 Å². The summed E-state index contributed by atoms with van der Waals surface area (Å²) in [6.45, 7) is 0.